The number of aryl methyl sites for hydroxylation is 2. The van der Waals surface area contributed by atoms with Gasteiger partial charge in [-0.2, -0.15) is 0 Å². The Balaban J connectivity index is 2.14. The van der Waals surface area contributed by atoms with Crippen LogP contribution in [0.15, 0.2) is 35.4 Å². The van der Waals surface area contributed by atoms with Crippen molar-refractivity contribution < 1.29 is 0 Å². The van der Waals surface area contributed by atoms with Gasteiger partial charge in [-0.25, -0.2) is 0 Å². The summed E-state index contributed by atoms with van der Waals surface area (Å²) in [7, 11) is 0. The average molecular weight is 258 g/mol. The molecule has 3 heteroatoms. The largest absolute Gasteiger partial charge is 0.398 e. The lowest BCUT2D eigenvalue weighted by molar-refractivity contribution is 1.11. The first-order chi connectivity index (χ1) is 8.58. The highest BCUT2D eigenvalue weighted by Crippen LogP contribution is 2.26. The minimum atomic E-state index is 0.861. The minimum absolute atomic E-state index is 0.861. The predicted octanol–water partition coefficient (Wildman–Crippen LogP) is 3.88. The van der Waals surface area contributed by atoms with Crippen LogP contribution in [0.3, 0.4) is 0 Å². The van der Waals surface area contributed by atoms with Crippen LogP contribution in [0.25, 0.3) is 0 Å². The summed E-state index contributed by atoms with van der Waals surface area (Å²) in [5.74, 6) is 0.861. The van der Waals surface area contributed by atoms with Crippen LogP contribution in [-0.2, 0) is 5.75 Å². The maximum Gasteiger partial charge on any atom is 0.0556 e. The second-order valence-electron chi connectivity index (χ2n) is 4.53. The fraction of sp³-hybridized carbons (Fsp3) is 0.267. The van der Waals surface area contributed by atoms with Crippen LogP contribution in [0.5, 0.6) is 0 Å². The Morgan fingerprint density at radius 3 is 2.72 bits per heavy atom. The van der Waals surface area contributed by atoms with Crippen molar-refractivity contribution in [1.82, 2.24) is 4.98 Å². The molecule has 1 aromatic heterocycles. The molecule has 0 saturated carbocycles. The summed E-state index contributed by atoms with van der Waals surface area (Å²) in [6.45, 7) is 6.14. The Morgan fingerprint density at radius 2 is 2.00 bits per heavy atom. The number of hydrogen-bond donors (Lipinski definition) is 1. The monoisotopic (exact) mass is 258 g/mol. The van der Waals surface area contributed by atoms with E-state index in [0.29, 0.717) is 0 Å². The molecule has 0 aliphatic carbocycles. The number of anilines is 1. The number of aromatic nitrogens is 1. The van der Waals surface area contributed by atoms with E-state index in [1.165, 1.54) is 10.5 Å². The van der Waals surface area contributed by atoms with Gasteiger partial charge in [0.25, 0.3) is 0 Å². The molecule has 1 aromatic carbocycles. The van der Waals surface area contributed by atoms with Crippen molar-refractivity contribution >= 4 is 17.4 Å². The highest BCUT2D eigenvalue weighted by Gasteiger charge is 2.06. The SMILES string of the molecule is Cc1cccc(SCc2ncc(C)c(N)c2C)c1. The van der Waals surface area contributed by atoms with E-state index in [-0.39, 0.29) is 0 Å². The number of thioether (sulfide) groups is 1. The molecule has 1 heterocycles. The number of nitrogens with two attached hydrogens (primary N) is 1. The summed E-state index contributed by atoms with van der Waals surface area (Å²) in [5.41, 5.74) is 11.4. The smallest absolute Gasteiger partial charge is 0.0556 e. The van der Waals surface area contributed by atoms with Gasteiger partial charge in [-0.15, -0.1) is 11.8 Å². The summed E-state index contributed by atoms with van der Waals surface area (Å²) in [5, 5.41) is 0. The standard InChI is InChI=1S/C15H18N2S/c1-10-5-4-6-13(7-10)18-9-14-12(3)15(16)11(2)8-17-14/h4-8H,9H2,1-3H3,(H2,16,17). The molecule has 0 saturated heterocycles. The van der Waals surface area contributed by atoms with Gasteiger partial charge in [-0.1, -0.05) is 17.7 Å². The van der Waals surface area contributed by atoms with Crippen molar-refractivity contribution in [3.05, 3.63) is 52.8 Å². The molecule has 0 bridgehead atoms. The highest BCUT2D eigenvalue weighted by molar-refractivity contribution is 7.98. The molecule has 0 radical (unpaired) electrons. The van der Waals surface area contributed by atoms with Crippen LogP contribution in [0.1, 0.15) is 22.4 Å². The molecule has 18 heavy (non-hydrogen) atoms. The van der Waals surface area contributed by atoms with E-state index in [1.54, 1.807) is 11.8 Å². The Hall–Kier alpha value is -1.48. The van der Waals surface area contributed by atoms with Crippen molar-refractivity contribution in [3.8, 4) is 0 Å². The normalized spacial score (nSPS) is 10.6. The van der Waals surface area contributed by atoms with E-state index in [4.69, 9.17) is 5.73 Å². The van der Waals surface area contributed by atoms with Gasteiger partial charge in [0.2, 0.25) is 0 Å². The Kier molecular flexibility index (Phi) is 3.92. The molecule has 0 fully saturated rings. The van der Waals surface area contributed by atoms with E-state index in [1.807, 2.05) is 20.0 Å². The second-order valence-corrected chi connectivity index (χ2v) is 5.58. The Bertz CT molecular complexity index is 564. The van der Waals surface area contributed by atoms with Crippen molar-refractivity contribution in [2.75, 3.05) is 5.73 Å². The highest BCUT2D eigenvalue weighted by atomic mass is 32.2. The van der Waals surface area contributed by atoms with Crippen LogP contribution in [0, 0.1) is 20.8 Å². The van der Waals surface area contributed by atoms with Crippen molar-refractivity contribution in [2.24, 2.45) is 0 Å². The summed E-state index contributed by atoms with van der Waals surface area (Å²) in [6, 6.07) is 8.51. The van der Waals surface area contributed by atoms with Gasteiger partial charge < -0.3 is 5.73 Å². The van der Waals surface area contributed by atoms with E-state index < -0.39 is 0 Å². The fourth-order valence-corrected chi connectivity index (χ4v) is 2.83. The molecule has 2 N–H and O–H groups in total. The summed E-state index contributed by atoms with van der Waals surface area (Å²) in [4.78, 5) is 5.75. The molecular formula is C15H18N2S. The lowest BCUT2D eigenvalue weighted by atomic mass is 10.1. The maximum atomic E-state index is 6.03. The Morgan fingerprint density at radius 1 is 1.22 bits per heavy atom. The van der Waals surface area contributed by atoms with E-state index in [9.17, 15) is 0 Å². The third kappa shape index (κ3) is 2.85. The molecule has 0 atom stereocenters. The van der Waals surface area contributed by atoms with Gasteiger partial charge in [0, 0.05) is 22.5 Å². The van der Waals surface area contributed by atoms with E-state index >= 15 is 0 Å². The summed E-state index contributed by atoms with van der Waals surface area (Å²) >= 11 is 1.80. The predicted molar refractivity (Wildman–Crippen MR) is 78.9 cm³/mol. The zero-order valence-electron chi connectivity index (χ0n) is 11.0. The molecule has 2 nitrogen and oxygen atoms in total. The lowest BCUT2D eigenvalue weighted by Gasteiger charge is -2.09. The fourth-order valence-electron chi connectivity index (χ4n) is 1.79. The zero-order valence-corrected chi connectivity index (χ0v) is 11.8. The second kappa shape index (κ2) is 5.44. The number of nitrogen functional groups attached to an aromatic ring is 1. The Labute approximate surface area is 113 Å². The number of benzene rings is 1. The summed E-state index contributed by atoms with van der Waals surface area (Å²) in [6.07, 6.45) is 1.86. The number of rotatable bonds is 3. The molecule has 0 amide bonds. The van der Waals surface area contributed by atoms with Crippen LogP contribution >= 0.6 is 11.8 Å². The first-order valence-corrected chi connectivity index (χ1v) is 6.96. The molecule has 0 spiro atoms. The molecular weight excluding hydrogens is 240 g/mol. The van der Waals surface area contributed by atoms with Crippen LogP contribution < -0.4 is 5.73 Å². The topological polar surface area (TPSA) is 38.9 Å². The molecule has 0 aliphatic rings. The number of hydrogen-bond acceptors (Lipinski definition) is 3. The minimum Gasteiger partial charge on any atom is -0.398 e. The maximum absolute atomic E-state index is 6.03. The van der Waals surface area contributed by atoms with Gasteiger partial charge in [0.15, 0.2) is 0 Å². The van der Waals surface area contributed by atoms with Crippen LogP contribution in [-0.4, -0.2) is 4.98 Å². The van der Waals surface area contributed by atoms with E-state index in [2.05, 4.69) is 36.2 Å². The molecule has 2 rings (SSSR count). The first kappa shape index (κ1) is 13.0. The number of pyridine rings is 1. The molecule has 2 aromatic rings. The number of nitrogens with zero attached hydrogens (tertiary/aromatic N) is 1. The zero-order chi connectivity index (χ0) is 13.1. The first-order valence-electron chi connectivity index (χ1n) is 5.98. The average Bonchev–Trinajstić information content (AvgIpc) is 2.35. The van der Waals surface area contributed by atoms with E-state index in [0.717, 1.165) is 28.3 Å². The quantitative estimate of drug-likeness (QED) is 0.849. The van der Waals surface area contributed by atoms with Crippen molar-refractivity contribution in [2.45, 2.75) is 31.4 Å². The van der Waals surface area contributed by atoms with Gasteiger partial charge >= 0.3 is 0 Å². The lowest BCUT2D eigenvalue weighted by Crippen LogP contribution is -2.00. The van der Waals surface area contributed by atoms with Crippen molar-refractivity contribution in [3.63, 3.8) is 0 Å². The molecule has 0 unspecified atom stereocenters. The van der Waals surface area contributed by atoms with Gasteiger partial charge in [-0.3, -0.25) is 4.98 Å². The van der Waals surface area contributed by atoms with Crippen LogP contribution in [0.2, 0.25) is 0 Å². The van der Waals surface area contributed by atoms with Crippen molar-refractivity contribution in [1.29, 1.82) is 0 Å². The third-order valence-electron chi connectivity index (χ3n) is 3.04. The molecule has 0 aliphatic heterocycles. The molecule has 94 valence electrons. The third-order valence-corrected chi connectivity index (χ3v) is 4.05. The van der Waals surface area contributed by atoms with Gasteiger partial charge in [0.1, 0.15) is 0 Å². The van der Waals surface area contributed by atoms with Gasteiger partial charge in [0.05, 0.1) is 5.69 Å². The summed E-state index contributed by atoms with van der Waals surface area (Å²) < 4.78 is 0. The van der Waals surface area contributed by atoms with Gasteiger partial charge in [-0.05, 0) is 44.0 Å². The van der Waals surface area contributed by atoms with Crippen LogP contribution in [0.4, 0.5) is 5.69 Å².